The van der Waals surface area contributed by atoms with Crippen LogP contribution in [0.3, 0.4) is 0 Å². The molecule has 1 saturated heterocycles. The molecular formula is C22H18N2O2S2. The van der Waals surface area contributed by atoms with Crippen molar-refractivity contribution in [2.75, 3.05) is 0 Å². The van der Waals surface area contributed by atoms with Crippen LogP contribution in [0.25, 0.3) is 6.08 Å². The summed E-state index contributed by atoms with van der Waals surface area (Å²) < 4.78 is 5.84. The van der Waals surface area contributed by atoms with Crippen LogP contribution in [0.5, 0.6) is 5.75 Å². The number of carbonyl (C=O) groups excluding carboxylic acids is 1. The lowest BCUT2D eigenvalue weighted by Gasteiger charge is -2.07. The SMILES string of the molecule is Cc1cccc(COc2ccc(/C=C3\SC(=N)[C@H](c4nccs4)C3=O)cc2)c1. The fraction of sp³-hybridized carbons (Fsp3) is 0.136. The lowest BCUT2D eigenvalue weighted by Crippen LogP contribution is -2.11. The average molecular weight is 407 g/mol. The Morgan fingerprint density at radius 3 is 2.75 bits per heavy atom. The second-order valence-corrected chi connectivity index (χ2v) is 8.50. The lowest BCUT2D eigenvalue weighted by atomic mass is 10.1. The van der Waals surface area contributed by atoms with Crippen molar-refractivity contribution in [1.29, 1.82) is 5.41 Å². The average Bonchev–Trinajstić information content (AvgIpc) is 3.29. The van der Waals surface area contributed by atoms with Gasteiger partial charge in [0.15, 0.2) is 5.78 Å². The highest BCUT2D eigenvalue weighted by Crippen LogP contribution is 2.41. The van der Waals surface area contributed by atoms with E-state index in [2.05, 4.69) is 24.0 Å². The van der Waals surface area contributed by atoms with E-state index in [-0.39, 0.29) is 5.78 Å². The minimum absolute atomic E-state index is 0.0512. The molecule has 0 radical (unpaired) electrons. The number of hydrogen-bond donors (Lipinski definition) is 1. The quantitative estimate of drug-likeness (QED) is 0.573. The van der Waals surface area contributed by atoms with E-state index in [0.717, 1.165) is 16.9 Å². The van der Waals surface area contributed by atoms with E-state index in [1.54, 1.807) is 6.20 Å². The fourth-order valence-electron chi connectivity index (χ4n) is 2.97. The van der Waals surface area contributed by atoms with Gasteiger partial charge >= 0.3 is 0 Å². The molecule has 28 heavy (non-hydrogen) atoms. The Labute approximate surface area is 171 Å². The van der Waals surface area contributed by atoms with E-state index in [1.165, 1.54) is 28.7 Å². The van der Waals surface area contributed by atoms with Gasteiger partial charge in [0.1, 0.15) is 23.3 Å². The molecule has 2 heterocycles. The van der Waals surface area contributed by atoms with Gasteiger partial charge in [0.05, 0.1) is 9.95 Å². The second kappa shape index (κ2) is 8.12. The van der Waals surface area contributed by atoms with Crippen LogP contribution in [0.4, 0.5) is 0 Å². The van der Waals surface area contributed by atoms with Crippen LogP contribution >= 0.6 is 23.1 Å². The lowest BCUT2D eigenvalue weighted by molar-refractivity contribution is -0.114. The number of ketones is 1. The summed E-state index contributed by atoms with van der Waals surface area (Å²) in [4.78, 5) is 17.5. The molecule has 1 aliphatic rings. The van der Waals surface area contributed by atoms with Crippen molar-refractivity contribution in [2.24, 2.45) is 0 Å². The molecule has 140 valence electrons. The molecule has 1 N–H and O–H groups in total. The van der Waals surface area contributed by atoms with Gasteiger partial charge < -0.3 is 4.74 Å². The molecule has 0 saturated carbocycles. The Kier molecular flexibility index (Phi) is 5.41. The van der Waals surface area contributed by atoms with Gasteiger partial charge in [-0.05, 0) is 36.3 Å². The van der Waals surface area contributed by atoms with E-state index in [9.17, 15) is 4.79 Å². The number of thiazole rings is 1. The number of nitrogens with one attached hydrogen (secondary N) is 1. The zero-order chi connectivity index (χ0) is 19.5. The fourth-order valence-corrected chi connectivity index (χ4v) is 4.78. The zero-order valence-corrected chi connectivity index (χ0v) is 16.8. The third-order valence-electron chi connectivity index (χ3n) is 4.35. The molecule has 4 nitrogen and oxygen atoms in total. The number of hydrogen-bond acceptors (Lipinski definition) is 6. The van der Waals surface area contributed by atoms with Gasteiger partial charge in [-0.3, -0.25) is 10.2 Å². The standard InChI is InChI=1S/C22H18N2O2S2/c1-14-3-2-4-16(11-14)13-26-17-7-5-15(6-8-17)12-18-20(25)19(21(23)28-18)22-24-9-10-27-22/h2-12,19,23H,13H2,1H3/b18-12-,23-21?/t19-/m1/s1. The first-order valence-corrected chi connectivity index (χ1v) is 10.5. The zero-order valence-electron chi connectivity index (χ0n) is 15.2. The number of Topliss-reactive ketones (excluding diaryl/α,β-unsaturated/α-hetero) is 1. The van der Waals surface area contributed by atoms with Crippen LogP contribution in [-0.4, -0.2) is 15.8 Å². The van der Waals surface area contributed by atoms with Crippen molar-refractivity contribution in [1.82, 2.24) is 4.98 Å². The predicted molar refractivity (Wildman–Crippen MR) is 115 cm³/mol. The first-order chi connectivity index (χ1) is 13.6. The molecule has 0 spiro atoms. The van der Waals surface area contributed by atoms with Crippen molar-refractivity contribution < 1.29 is 9.53 Å². The summed E-state index contributed by atoms with van der Waals surface area (Å²) in [7, 11) is 0. The maximum atomic E-state index is 12.7. The summed E-state index contributed by atoms with van der Waals surface area (Å²) in [5, 5.41) is 11.0. The molecule has 4 rings (SSSR count). The molecule has 0 unspecified atom stereocenters. The van der Waals surface area contributed by atoms with Gasteiger partial charge in [-0.1, -0.05) is 53.7 Å². The van der Waals surface area contributed by atoms with Crippen molar-refractivity contribution in [3.63, 3.8) is 0 Å². The van der Waals surface area contributed by atoms with Crippen molar-refractivity contribution >= 4 is 40.0 Å². The third kappa shape index (κ3) is 4.08. The highest BCUT2D eigenvalue weighted by molar-refractivity contribution is 8.19. The van der Waals surface area contributed by atoms with E-state index in [4.69, 9.17) is 10.1 Å². The molecule has 0 bridgehead atoms. The first kappa shape index (κ1) is 18.7. The molecular weight excluding hydrogens is 388 g/mol. The van der Waals surface area contributed by atoms with Crippen LogP contribution in [-0.2, 0) is 11.4 Å². The largest absolute Gasteiger partial charge is 0.489 e. The highest BCUT2D eigenvalue weighted by atomic mass is 32.2. The van der Waals surface area contributed by atoms with Gasteiger partial charge in [0.2, 0.25) is 0 Å². The summed E-state index contributed by atoms with van der Waals surface area (Å²) in [5.74, 6) is 0.181. The number of benzene rings is 2. The van der Waals surface area contributed by atoms with Crippen LogP contribution in [0.2, 0.25) is 0 Å². The van der Waals surface area contributed by atoms with Gasteiger partial charge in [-0.25, -0.2) is 4.98 Å². The van der Waals surface area contributed by atoms with Crippen molar-refractivity contribution in [3.05, 3.63) is 86.7 Å². The van der Waals surface area contributed by atoms with Crippen molar-refractivity contribution in [3.8, 4) is 5.75 Å². The predicted octanol–water partition coefficient (Wildman–Crippen LogP) is 5.45. The molecule has 1 fully saturated rings. The van der Waals surface area contributed by atoms with Crippen LogP contribution in [0, 0.1) is 12.3 Å². The number of rotatable bonds is 5. The molecule has 3 aromatic rings. The van der Waals surface area contributed by atoms with Crippen LogP contribution < -0.4 is 4.74 Å². The molecule has 1 atom stereocenters. The van der Waals surface area contributed by atoms with Gasteiger partial charge in [-0.2, -0.15) is 0 Å². The summed E-state index contributed by atoms with van der Waals surface area (Å²) >= 11 is 2.63. The minimum Gasteiger partial charge on any atom is -0.489 e. The van der Waals surface area contributed by atoms with Crippen LogP contribution in [0.15, 0.2) is 65.0 Å². The number of thioether (sulfide) groups is 1. The van der Waals surface area contributed by atoms with E-state index >= 15 is 0 Å². The smallest absolute Gasteiger partial charge is 0.186 e. The Morgan fingerprint density at radius 2 is 2.04 bits per heavy atom. The monoisotopic (exact) mass is 406 g/mol. The van der Waals surface area contributed by atoms with Crippen LogP contribution in [0.1, 0.15) is 27.6 Å². The Morgan fingerprint density at radius 1 is 1.21 bits per heavy atom. The molecule has 0 amide bonds. The van der Waals surface area contributed by atoms with Gasteiger partial charge in [0, 0.05) is 11.6 Å². The summed E-state index contributed by atoms with van der Waals surface area (Å²) in [5.41, 5.74) is 3.25. The molecule has 1 aromatic heterocycles. The number of aromatic nitrogens is 1. The number of carbonyl (C=O) groups is 1. The van der Waals surface area contributed by atoms with E-state index in [0.29, 0.717) is 21.6 Å². The maximum Gasteiger partial charge on any atom is 0.186 e. The Hall–Kier alpha value is -2.70. The Bertz CT molecular complexity index is 1040. The normalized spacial score (nSPS) is 18.0. The van der Waals surface area contributed by atoms with E-state index in [1.807, 2.05) is 47.9 Å². The second-order valence-electron chi connectivity index (χ2n) is 6.49. The minimum atomic E-state index is -0.548. The third-order valence-corrected chi connectivity index (χ3v) is 6.19. The maximum absolute atomic E-state index is 12.7. The number of aryl methyl sites for hydroxylation is 1. The molecule has 1 aliphatic heterocycles. The van der Waals surface area contributed by atoms with E-state index < -0.39 is 5.92 Å². The number of ether oxygens (including phenoxy) is 1. The van der Waals surface area contributed by atoms with Gasteiger partial charge in [0.25, 0.3) is 0 Å². The number of nitrogens with zero attached hydrogens (tertiary/aromatic N) is 1. The highest BCUT2D eigenvalue weighted by Gasteiger charge is 2.38. The molecule has 2 aromatic carbocycles. The molecule has 6 heteroatoms. The van der Waals surface area contributed by atoms with Crippen molar-refractivity contribution in [2.45, 2.75) is 19.4 Å². The summed E-state index contributed by atoms with van der Waals surface area (Å²) in [6, 6.07) is 15.9. The molecule has 0 aliphatic carbocycles. The van der Waals surface area contributed by atoms with Gasteiger partial charge in [-0.15, -0.1) is 11.3 Å². The Balaban J connectivity index is 1.44. The number of allylic oxidation sites excluding steroid dienone is 1. The summed E-state index contributed by atoms with van der Waals surface area (Å²) in [6.07, 6.45) is 3.50. The topological polar surface area (TPSA) is 63.0 Å². The first-order valence-electron chi connectivity index (χ1n) is 8.80. The summed E-state index contributed by atoms with van der Waals surface area (Å²) in [6.45, 7) is 2.58.